The molecule has 1 aliphatic heterocycles. The molecule has 0 spiro atoms. The van der Waals surface area contributed by atoms with Gasteiger partial charge in [0.15, 0.2) is 0 Å². The molecule has 2 atom stereocenters. The molecular weight excluding hydrogens is 247 g/mol. The van der Waals surface area contributed by atoms with Crippen molar-refractivity contribution in [2.75, 3.05) is 13.1 Å². The highest BCUT2D eigenvalue weighted by molar-refractivity contribution is 4.92. The molecule has 0 bridgehead atoms. The summed E-state index contributed by atoms with van der Waals surface area (Å²) in [6.45, 7) is 3.93. The fourth-order valence-electron chi connectivity index (χ4n) is 2.26. The monoisotopic (exact) mass is 263 g/mol. The Kier molecular flexibility index (Phi) is 3.89. The first kappa shape index (κ1) is 13.3. The maximum absolute atomic E-state index is 12.3. The summed E-state index contributed by atoms with van der Waals surface area (Å²) >= 11 is 0. The molecule has 1 aliphatic rings. The molecule has 0 amide bonds. The van der Waals surface area contributed by atoms with Gasteiger partial charge in [-0.15, -0.1) is 0 Å². The van der Waals surface area contributed by atoms with Gasteiger partial charge in [-0.2, -0.15) is 18.2 Å². The van der Waals surface area contributed by atoms with Crippen molar-refractivity contribution in [2.45, 2.75) is 32.4 Å². The first-order chi connectivity index (χ1) is 8.47. The van der Waals surface area contributed by atoms with E-state index in [0.717, 1.165) is 25.9 Å². The van der Waals surface area contributed by atoms with Crippen molar-refractivity contribution in [1.82, 2.24) is 15.5 Å². The van der Waals surface area contributed by atoms with Crippen LogP contribution in [0, 0.1) is 11.8 Å². The zero-order chi connectivity index (χ0) is 13.2. The van der Waals surface area contributed by atoms with Crippen molar-refractivity contribution in [3.63, 3.8) is 0 Å². The standard InChI is InChI=1S/C11H16F3N3O/c1-7(8-3-2-4-15-6-8)5-9-16-10(17-18-9)11(12,13)14/h7-8,15H,2-6H2,1H3. The van der Waals surface area contributed by atoms with Gasteiger partial charge in [0.2, 0.25) is 5.89 Å². The normalized spacial score (nSPS) is 23.0. The molecule has 1 fully saturated rings. The van der Waals surface area contributed by atoms with Gasteiger partial charge in [-0.05, 0) is 37.8 Å². The van der Waals surface area contributed by atoms with E-state index in [1.165, 1.54) is 0 Å². The number of rotatable bonds is 3. The Morgan fingerprint density at radius 1 is 1.50 bits per heavy atom. The van der Waals surface area contributed by atoms with Crippen molar-refractivity contribution in [1.29, 1.82) is 0 Å². The van der Waals surface area contributed by atoms with Crippen LogP contribution in [0.4, 0.5) is 13.2 Å². The Balaban J connectivity index is 1.94. The summed E-state index contributed by atoms with van der Waals surface area (Å²) < 4.78 is 41.5. The summed E-state index contributed by atoms with van der Waals surface area (Å²) in [5.41, 5.74) is 0. The van der Waals surface area contributed by atoms with Crippen molar-refractivity contribution in [3.05, 3.63) is 11.7 Å². The van der Waals surface area contributed by atoms with E-state index in [2.05, 4.69) is 20.0 Å². The zero-order valence-corrected chi connectivity index (χ0v) is 10.1. The summed E-state index contributed by atoms with van der Waals surface area (Å²) in [6.07, 6.45) is -1.94. The minimum absolute atomic E-state index is 0.0698. The van der Waals surface area contributed by atoms with E-state index in [4.69, 9.17) is 0 Å². The van der Waals surface area contributed by atoms with Crippen LogP contribution in [0.3, 0.4) is 0 Å². The van der Waals surface area contributed by atoms with E-state index in [1.807, 2.05) is 6.92 Å². The lowest BCUT2D eigenvalue weighted by Gasteiger charge is -2.27. The average molecular weight is 263 g/mol. The highest BCUT2D eigenvalue weighted by Gasteiger charge is 2.37. The second-order valence-electron chi connectivity index (χ2n) is 4.80. The van der Waals surface area contributed by atoms with Gasteiger partial charge in [0.25, 0.3) is 5.82 Å². The summed E-state index contributed by atoms with van der Waals surface area (Å²) in [5, 5.41) is 6.24. The maximum Gasteiger partial charge on any atom is 0.455 e. The molecule has 0 saturated carbocycles. The third-order valence-electron chi connectivity index (χ3n) is 3.36. The van der Waals surface area contributed by atoms with Crippen LogP contribution in [0.2, 0.25) is 0 Å². The largest absolute Gasteiger partial charge is 0.455 e. The molecular formula is C11H16F3N3O. The molecule has 2 unspecified atom stereocenters. The molecule has 102 valence electrons. The van der Waals surface area contributed by atoms with E-state index in [0.29, 0.717) is 12.3 Å². The second kappa shape index (κ2) is 5.26. The summed E-state index contributed by atoms with van der Waals surface area (Å²) in [4.78, 5) is 3.39. The van der Waals surface area contributed by atoms with Gasteiger partial charge in [0.05, 0.1) is 0 Å². The molecule has 1 aromatic heterocycles. The van der Waals surface area contributed by atoms with E-state index >= 15 is 0 Å². The Bertz CT molecular complexity index is 385. The third-order valence-corrected chi connectivity index (χ3v) is 3.36. The minimum atomic E-state index is -4.53. The van der Waals surface area contributed by atoms with Crippen molar-refractivity contribution < 1.29 is 17.7 Å². The van der Waals surface area contributed by atoms with Crippen LogP contribution >= 0.6 is 0 Å². The third kappa shape index (κ3) is 3.22. The molecule has 4 nitrogen and oxygen atoms in total. The van der Waals surface area contributed by atoms with Crippen LogP contribution in [-0.4, -0.2) is 23.2 Å². The number of hydrogen-bond acceptors (Lipinski definition) is 4. The number of halogens is 3. The van der Waals surface area contributed by atoms with E-state index in [1.54, 1.807) is 0 Å². The fourth-order valence-corrected chi connectivity index (χ4v) is 2.26. The maximum atomic E-state index is 12.3. The Hall–Kier alpha value is -1.11. The molecule has 2 heterocycles. The number of hydrogen-bond donors (Lipinski definition) is 1. The van der Waals surface area contributed by atoms with Crippen molar-refractivity contribution >= 4 is 0 Å². The lowest BCUT2D eigenvalue weighted by Crippen LogP contribution is -2.33. The fraction of sp³-hybridized carbons (Fsp3) is 0.818. The summed E-state index contributed by atoms with van der Waals surface area (Å²) in [5.74, 6) is -0.425. The van der Waals surface area contributed by atoms with E-state index in [9.17, 15) is 13.2 Å². The smallest absolute Gasteiger partial charge is 0.339 e. The lowest BCUT2D eigenvalue weighted by molar-refractivity contribution is -0.146. The van der Waals surface area contributed by atoms with Gasteiger partial charge in [-0.25, -0.2) is 0 Å². The van der Waals surface area contributed by atoms with Gasteiger partial charge in [0.1, 0.15) is 0 Å². The Labute approximate surface area is 103 Å². The van der Waals surface area contributed by atoms with E-state index in [-0.39, 0.29) is 11.8 Å². The second-order valence-corrected chi connectivity index (χ2v) is 4.80. The molecule has 2 rings (SSSR count). The van der Waals surface area contributed by atoms with Gasteiger partial charge < -0.3 is 9.84 Å². The lowest BCUT2D eigenvalue weighted by atomic mass is 9.85. The predicted molar refractivity (Wildman–Crippen MR) is 57.8 cm³/mol. The Morgan fingerprint density at radius 2 is 2.28 bits per heavy atom. The number of nitrogens with zero attached hydrogens (tertiary/aromatic N) is 2. The molecule has 1 N–H and O–H groups in total. The number of piperidine rings is 1. The predicted octanol–water partition coefficient (Wildman–Crippen LogP) is 2.27. The quantitative estimate of drug-likeness (QED) is 0.908. The van der Waals surface area contributed by atoms with Crippen LogP contribution in [0.25, 0.3) is 0 Å². The molecule has 0 radical (unpaired) electrons. The van der Waals surface area contributed by atoms with Crippen LogP contribution in [0.1, 0.15) is 31.5 Å². The first-order valence-electron chi connectivity index (χ1n) is 6.07. The first-order valence-corrected chi connectivity index (χ1v) is 6.07. The number of aromatic nitrogens is 2. The van der Waals surface area contributed by atoms with Crippen molar-refractivity contribution in [3.8, 4) is 0 Å². The van der Waals surface area contributed by atoms with Crippen LogP contribution < -0.4 is 5.32 Å². The average Bonchev–Trinajstić information content (AvgIpc) is 2.78. The molecule has 0 aliphatic carbocycles. The van der Waals surface area contributed by atoms with E-state index < -0.39 is 12.0 Å². The molecule has 7 heteroatoms. The van der Waals surface area contributed by atoms with Gasteiger partial charge in [-0.1, -0.05) is 12.1 Å². The highest BCUT2D eigenvalue weighted by Crippen LogP contribution is 2.28. The molecule has 1 saturated heterocycles. The van der Waals surface area contributed by atoms with Crippen molar-refractivity contribution in [2.24, 2.45) is 11.8 Å². The summed E-state index contributed by atoms with van der Waals surface area (Å²) in [7, 11) is 0. The van der Waals surface area contributed by atoms with Crippen LogP contribution in [0.15, 0.2) is 4.52 Å². The highest BCUT2D eigenvalue weighted by atomic mass is 19.4. The molecule has 18 heavy (non-hydrogen) atoms. The van der Waals surface area contributed by atoms with Crippen LogP contribution in [0.5, 0.6) is 0 Å². The molecule has 0 aromatic carbocycles. The minimum Gasteiger partial charge on any atom is -0.339 e. The van der Waals surface area contributed by atoms with Gasteiger partial charge in [-0.3, -0.25) is 0 Å². The van der Waals surface area contributed by atoms with Crippen LogP contribution in [-0.2, 0) is 12.6 Å². The SMILES string of the molecule is CC(Cc1nc(C(F)(F)F)no1)C1CCCNC1. The molecule has 1 aromatic rings. The number of alkyl halides is 3. The zero-order valence-electron chi connectivity index (χ0n) is 10.1. The topological polar surface area (TPSA) is 51.0 Å². The summed E-state index contributed by atoms with van der Waals surface area (Å²) in [6, 6.07) is 0. The van der Waals surface area contributed by atoms with Gasteiger partial charge in [0, 0.05) is 6.42 Å². The Morgan fingerprint density at radius 3 is 2.83 bits per heavy atom. The number of nitrogens with one attached hydrogen (secondary N) is 1. The van der Waals surface area contributed by atoms with Gasteiger partial charge >= 0.3 is 6.18 Å².